The average Bonchev–Trinajstić information content (AvgIpc) is 2.09. The van der Waals surface area contributed by atoms with E-state index in [9.17, 15) is 4.79 Å². The van der Waals surface area contributed by atoms with Crippen molar-refractivity contribution in [3.63, 3.8) is 0 Å². The largest absolute Gasteiger partial charge is 0.311 e. The molecule has 0 atom stereocenters. The first-order valence-corrected chi connectivity index (χ1v) is 4.04. The molecule has 2 N–H and O–H groups in total. The molecule has 0 aromatic carbocycles. The number of carbonyl (C=O) groups excluding carboxylic acids is 1. The van der Waals surface area contributed by atoms with Crippen molar-refractivity contribution in [3.8, 4) is 0 Å². The highest BCUT2D eigenvalue weighted by molar-refractivity contribution is 6.29. The zero-order chi connectivity index (χ0) is 9.68. The lowest BCUT2D eigenvalue weighted by molar-refractivity contribution is -0.115. The number of carbonyl (C=O) groups is 1. The third-order valence-corrected chi connectivity index (χ3v) is 1.44. The molecule has 0 saturated carbocycles. The van der Waals surface area contributed by atoms with Gasteiger partial charge in [-0.1, -0.05) is 11.6 Å². The maximum Gasteiger partial charge on any atom is 0.239 e. The van der Waals surface area contributed by atoms with Crippen LogP contribution in [0.5, 0.6) is 0 Å². The third-order valence-electron chi connectivity index (χ3n) is 1.24. The van der Waals surface area contributed by atoms with Gasteiger partial charge in [-0.15, -0.1) is 10.2 Å². The molecule has 0 bridgehead atoms. The number of amides is 1. The Balaban J connectivity index is 2.54. The van der Waals surface area contributed by atoms with Crippen molar-refractivity contribution in [3.05, 3.63) is 17.3 Å². The lowest BCUT2D eigenvalue weighted by Crippen LogP contribution is -2.25. The van der Waals surface area contributed by atoms with Gasteiger partial charge in [0, 0.05) is 0 Å². The molecule has 0 unspecified atom stereocenters. The van der Waals surface area contributed by atoms with Crippen LogP contribution in [0.1, 0.15) is 0 Å². The first-order valence-electron chi connectivity index (χ1n) is 3.66. The summed E-state index contributed by atoms with van der Waals surface area (Å²) in [5, 5.41) is 12.8. The first-order chi connectivity index (χ1) is 6.22. The molecule has 0 spiro atoms. The Morgan fingerprint density at radius 1 is 1.54 bits per heavy atom. The van der Waals surface area contributed by atoms with Gasteiger partial charge in [0.2, 0.25) is 5.91 Å². The van der Waals surface area contributed by atoms with Crippen LogP contribution in [-0.4, -0.2) is 29.7 Å². The van der Waals surface area contributed by atoms with Gasteiger partial charge in [-0.25, -0.2) is 0 Å². The van der Waals surface area contributed by atoms with Crippen molar-refractivity contribution in [2.24, 2.45) is 0 Å². The van der Waals surface area contributed by atoms with Crippen LogP contribution in [0, 0.1) is 0 Å². The lowest BCUT2D eigenvalue weighted by atomic mass is 10.5. The van der Waals surface area contributed by atoms with Crippen molar-refractivity contribution in [2.45, 2.75) is 0 Å². The summed E-state index contributed by atoms with van der Waals surface area (Å²) in [6, 6.07) is 3.15. The van der Waals surface area contributed by atoms with Gasteiger partial charge in [0.1, 0.15) is 0 Å². The Bertz CT molecular complexity index is 287. The predicted octanol–water partition coefficient (Wildman–Crippen LogP) is 0.288. The fourth-order valence-electron chi connectivity index (χ4n) is 0.730. The van der Waals surface area contributed by atoms with E-state index in [-0.39, 0.29) is 12.5 Å². The van der Waals surface area contributed by atoms with Gasteiger partial charge in [0.05, 0.1) is 6.54 Å². The number of halogens is 1. The molecular formula is C7H9ClN4O. The summed E-state index contributed by atoms with van der Waals surface area (Å²) in [6.07, 6.45) is 0. The van der Waals surface area contributed by atoms with Gasteiger partial charge >= 0.3 is 0 Å². The quantitative estimate of drug-likeness (QED) is 0.736. The molecule has 0 aliphatic heterocycles. The summed E-state index contributed by atoms with van der Waals surface area (Å²) in [5.41, 5.74) is 0. The highest BCUT2D eigenvalue weighted by Crippen LogP contribution is 2.05. The molecule has 13 heavy (non-hydrogen) atoms. The molecule has 1 aromatic heterocycles. The van der Waals surface area contributed by atoms with Crippen LogP contribution in [0.25, 0.3) is 0 Å². The van der Waals surface area contributed by atoms with Gasteiger partial charge in [-0.2, -0.15) is 0 Å². The minimum absolute atomic E-state index is 0.167. The van der Waals surface area contributed by atoms with Gasteiger partial charge in [-0.05, 0) is 19.2 Å². The lowest BCUT2D eigenvalue weighted by Gasteiger charge is -2.01. The normalized spacial score (nSPS) is 9.69. The van der Waals surface area contributed by atoms with E-state index in [1.54, 1.807) is 19.2 Å². The van der Waals surface area contributed by atoms with E-state index in [1.165, 1.54) is 0 Å². The molecule has 1 aromatic rings. The Morgan fingerprint density at radius 3 is 2.85 bits per heavy atom. The zero-order valence-electron chi connectivity index (χ0n) is 7.04. The molecule has 6 heteroatoms. The van der Waals surface area contributed by atoms with Crippen molar-refractivity contribution < 1.29 is 4.79 Å². The van der Waals surface area contributed by atoms with Gasteiger partial charge in [0.25, 0.3) is 0 Å². The molecule has 0 aliphatic carbocycles. The van der Waals surface area contributed by atoms with Gasteiger partial charge < -0.3 is 10.6 Å². The summed E-state index contributed by atoms with van der Waals surface area (Å²) < 4.78 is 0. The van der Waals surface area contributed by atoms with E-state index < -0.39 is 0 Å². The summed E-state index contributed by atoms with van der Waals surface area (Å²) in [4.78, 5) is 11.0. The van der Waals surface area contributed by atoms with Crippen LogP contribution in [0.4, 0.5) is 5.82 Å². The predicted molar refractivity (Wildman–Crippen MR) is 49.6 cm³/mol. The van der Waals surface area contributed by atoms with Crippen LogP contribution in [-0.2, 0) is 4.79 Å². The minimum Gasteiger partial charge on any atom is -0.311 e. The Labute approximate surface area is 80.5 Å². The second-order valence-electron chi connectivity index (χ2n) is 2.32. The van der Waals surface area contributed by atoms with Crippen molar-refractivity contribution in [1.82, 2.24) is 15.5 Å². The number of aromatic nitrogens is 2. The Hall–Kier alpha value is -1.20. The fourth-order valence-corrected chi connectivity index (χ4v) is 0.831. The van der Waals surface area contributed by atoms with Crippen LogP contribution < -0.4 is 10.6 Å². The Kier molecular flexibility index (Phi) is 3.60. The highest BCUT2D eigenvalue weighted by atomic mass is 35.5. The van der Waals surface area contributed by atoms with E-state index in [0.29, 0.717) is 11.0 Å². The second-order valence-corrected chi connectivity index (χ2v) is 2.71. The standard InChI is InChI=1S/C7H9ClN4O/c1-9-4-7(13)10-6-3-2-5(8)11-12-6/h2-3,9H,4H2,1H3,(H,10,12,13). The average molecular weight is 201 g/mol. The zero-order valence-corrected chi connectivity index (χ0v) is 7.80. The van der Waals surface area contributed by atoms with Crippen molar-refractivity contribution in [2.75, 3.05) is 18.9 Å². The first kappa shape index (κ1) is 9.88. The maximum absolute atomic E-state index is 11.0. The summed E-state index contributed by atoms with van der Waals surface area (Å²) in [5.74, 6) is 0.226. The number of rotatable bonds is 3. The second kappa shape index (κ2) is 4.74. The Morgan fingerprint density at radius 2 is 2.31 bits per heavy atom. The number of likely N-dealkylation sites (N-methyl/N-ethyl adjacent to an activating group) is 1. The highest BCUT2D eigenvalue weighted by Gasteiger charge is 2.01. The minimum atomic E-state index is -0.167. The molecule has 0 aliphatic rings. The number of nitrogens with zero attached hydrogens (tertiary/aromatic N) is 2. The monoisotopic (exact) mass is 200 g/mol. The molecule has 5 nitrogen and oxygen atoms in total. The number of hydrogen-bond acceptors (Lipinski definition) is 4. The molecule has 0 radical (unpaired) electrons. The fraction of sp³-hybridized carbons (Fsp3) is 0.286. The maximum atomic E-state index is 11.0. The smallest absolute Gasteiger partial charge is 0.239 e. The van der Waals surface area contributed by atoms with E-state index in [0.717, 1.165) is 0 Å². The summed E-state index contributed by atoms with van der Waals surface area (Å²) in [7, 11) is 1.69. The van der Waals surface area contributed by atoms with Crippen LogP contribution in [0.2, 0.25) is 5.15 Å². The number of anilines is 1. The SMILES string of the molecule is CNCC(=O)Nc1ccc(Cl)nn1. The van der Waals surface area contributed by atoms with Crippen LogP contribution in [0.15, 0.2) is 12.1 Å². The molecule has 1 heterocycles. The van der Waals surface area contributed by atoms with Crippen LogP contribution >= 0.6 is 11.6 Å². The topological polar surface area (TPSA) is 66.9 Å². The molecule has 0 fully saturated rings. The summed E-state index contributed by atoms with van der Waals surface area (Å²) in [6.45, 7) is 0.240. The molecule has 70 valence electrons. The van der Waals surface area contributed by atoms with Gasteiger partial charge in [0.15, 0.2) is 11.0 Å². The van der Waals surface area contributed by atoms with E-state index in [4.69, 9.17) is 11.6 Å². The summed E-state index contributed by atoms with van der Waals surface area (Å²) >= 11 is 5.51. The number of hydrogen-bond donors (Lipinski definition) is 2. The molecular weight excluding hydrogens is 192 g/mol. The van der Waals surface area contributed by atoms with Crippen molar-refractivity contribution >= 4 is 23.3 Å². The van der Waals surface area contributed by atoms with Gasteiger partial charge in [-0.3, -0.25) is 4.79 Å². The molecule has 1 amide bonds. The molecule has 0 saturated heterocycles. The van der Waals surface area contributed by atoms with Crippen LogP contribution in [0.3, 0.4) is 0 Å². The third kappa shape index (κ3) is 3.35. The number of nitrogens with one attached hydrogen (secondary N) is 2. The van der Waals surface area contributed by atoms with E-state index in [1.807, 2.05) is 0 Å². The molecule has 1 rings (SSSR count). The van der Waals surface area contributed by atoms with E-state index >= 15 is 0 Å². The van der Waals surface area contributed by atoms with Crippen molar-refractivity contribution in [1.29, 1.82) is 0 Å². The van der Waals surface area contributed by atoms with E-state index in [2.05, 4.69) is 20.8 Å².